The van der Waals surface area contributed by atoms with Crippen molar-refractivity contribution in [3.05, 3.63) is 83.6 Å². The number of alkyl halides is 3. The molecule has 2 aliphatic rings. The van der Waals surface area contributed by atoms with Gasteiger partial charge in [-0.05, 0) is 24.3 Å². The molecule has 3 aromatic carbocycles. The van der Waals surface area contributed by atoms with Gasteiger partial charge in [-0.25, -0.2) is 8.78 Å². The van der Waals surface area contributed by atoms with E-state index in [-0.39, 0.29) is 22.7 Å². The molecule has 0 aliphatic carbocycles. The number of carbonyl (C=O) groups excluding carboxylic acids is 1. The normalized spacial score (nSPS) is 15.4. The van der Waals surface area contributed by atoms with Crippen molar-refractivity contribution in [2.45, 2.75) is 6.18 Å². The van der Waals surface area contributed by atoms with E-state index >= 15 is 0 Å². The zero-order valence-corrected chi connectivity index (χ0v) is 21.5. The predicted octanol–water partition coefficient (Wildman–Crippen LogP) is 5.58. The van der Waals surface area contributed by atoms with E-state index in [0.717, 1.165) is 0 Å². The summed E-state index contributed by atoms with van der Waals surface area (Å²) in [5.74, 6) is -2.90. The summed E-state index contributed by atoms with van der Waals surface area (Å²) >= 11 is 0. The van der Waals surface area contributed by atoms with Gasteiger partial charge in [0, 0.05) is 35.8 Å². The molecule has 1 saturated heterocycles. The fraction of sp³-hybridized carbons (Fsp3) is 0.241. The SMILES string of the molecule is O=C(NN1CCOc2ccccc21)c1cnc2c(-c3cc(C(F)(F)F)cc(F)c3F)cccc2c1N1CCOCC1. The summed E-state index contributed by atoms with van der Waals surface area (Å²) in [5, 5.41) is 2.07. The lowest BCUT2D eigenvalue weighted by atomic mass is 9.97. The number of fused-ring (bicyclic) bond motifs is 2. The summed E-state index contributed by atoms with van der Waals surface area (Å²) in [4.78, 5) is 20.0. The third-order valence-corrected chi connectivity index (χ3v) is 7.05. The largest absolute Gasteiger partial charge is 0.489 e. The van der Waals surface area contributed by atoms with Gasteiger partial charge in [-0.15, -0.1) is 0 Å². The van der Waals surface area contributed by atoms with Crippen LogP contribution < -0.4 is 20.1 Å². The van der Waals surface area contributed by atoms with E-state index in [1.807, 2.05) is 23.1 Å². The molecule has 1 fully saturated rings. The van der Waals surface area contributed by atoms with Crippen LogP contribution >= 0.6 is 0 Å². The number of benzene rings is 3. The van der Waals surface area contributed by atoms with Crippen LogP contribution in [-0.4, -0.2) is 50.3 Å². The van der Waals surface area contributed by atoms with Gasteiger partial charge in [0.1, 0.15) is 12.4 Å². The summed E-state index contributed by atoms with van der Waals surface area (Å²) < 4.78 is 80.8. The van der Waals surface area contributed by atoms with Crippen molar-refractivity contribution in [2.24, 2.45) is 0 Å². The van der Waals surface area contributed by atoms with Crippen LogP contribution in [0.1, 0.15) is 15.9 Å². The molecule has 3 heterocycles. The third kappa shape index (κ3) is 4.99. The number of amides is 1. The minimum Gasteiger partial charge on any atom is -0.489 e. The van der Waals surface area contributed by atoms with Crippen LogP contribution in [-0.2, 0) is 10.9 Å². The number of anilines is 2. The predicted molar refractivity (Wildman–Crippen MR) is 142 cm³/mol. The Balaban J connectivity index is 1.48. The van der Waals surface area contributed by atoms with Gasteiger partial charge in [-0.1, -0.05) is 30.3 Å². The average Bonchev–Trinajstić information content (AvgIpc) is 2.97. The molecule has 4 aromatic rings. The number of ether oxygens (including phenoxy) is 2. The fourth-order valence-corrected chi connectivity index (χ4v) is 5.14. The second kappa shape index (κ2) is 10.5. The summed E-state index contributed by atoms with van der Waals surface area (Å²) in [7, 11) is 0. The molecule has 0 bridgehead atoms. The smallest absolute Gasteiger partial charge is 0.416 e. The number of rotatable bonds is 4. The lowest BCUT2D eigenvalue weighted by Crippen LogP contribution is -2.47. The van der Waals surface area contributed by atoms with Crippen LogP contribution in [0.2, 0.25) is 0 Å². The number of nitrogens with one attached hydrogen (secondary N) is 1. The molecule has 0 radical (unpaired) electrons. The van der Waals surface area contributed by atoms with E-state index in [1.54, 1.807) is 17.1 Å². The van der Waals surface area contributed by atoms with Crippen LogP contribution in [0.5, 0.6) is 5.75 Å². The van der Waals surface area contributed by atoms with Crippen molar-refractivity contribution in [2.75, 3.05) is 49.4 Å². The number of hydrogen-bond acceptors (Lipinski definition) is 6. The summed E-state index contributed by atoms with van der Waals surface area (Å²) in [6, 6.07) is 12.5. The molecule has 1 amide bonds. The van der Waals surface area contributed by atoms with Gasteiger partial charge in [-0.2, -0.15) is 13.2 Å². The number of nitrogens with zero attached hydrogens (tertiary/aromatic N) is 3. The number of pyridine rings is 1. The Morgan fingerprint density at radius 2 is 1.71 bits per heavy atom. The number of hydrazine groups is 1. The summed E-state index contributed by atoms with van der Waals surface area (Å²) in [6.07, 6.45) is -3.58. The standard InChI is InChI=1S/C29H23F5N4O3/c30-22-15-17(29(32,33)34)14-20(25(22)31)18-4-3-5-19-26(18)35-16-21(27(19)37-8-11-40-12-9-37)28(39)36-38-10-13-41-24-7-2-1-6-23(24)38/h1-7,14-16H,8-13H2,(H,36,39). The zero-order valence-electron chi connectivity index (χ0n) is 21.5. The summed E-state index contributed by atoms with van der Waals surface area (Å²) in [5.41, 5.74) is 2.45. The first-order chi connectivity index (χ1) is 19.7. The first-order valence-electron chi connectivity index (χ1n) is 12.8. The van der Waals surface area contributed by atoms with Gasteiger partial charge in [0.05, 0.1) is 47.8 Å². The molecule has 1 N–H and O–H groups in total. The van der Waals surface area contributed by atoms with Crippen LogP contribution in [0, 0.1) is 11.6 Å². The second-order valence-corrected chi connectivity index (χ2v) is 9.55. The lowest BCUT2D eigenvalue weighted by molar-refractivity contribution is -0.137. The van der Waals surface area contributed by atoms with Crippen molar-refractivity contribution in [3.8, 4) is 16.9 Å². The Bertz CT molecular complexity index is 1640. The minimum absolute atomic E-state index is 0.0337. The Morgan fingerprint density at radius 3 is 2.49 bits per heavy atom. The monoisotopic (exact) mass is 570 g/mol. The van der Waals surface area contributed by atoms with Gasteiger partial charge in [0.2, 0.25) is 0 Å². The van der Waals surface area contributed by atoms with Crippen molar-refractivity contribution in [1.82, 2.24) is 10.4 Å². The van der Waals surface area contributed by atoms with Crippen LogP contribution in [0.15, 0.2) is 60.8 Å². The molecule has 0 saturated carbocycles. The molecular weight excluding hydrogens is 547 g/mol. The fourth-order valence-electron chi connectivity index (χ4n) is 5.14. The van der Waals surface area contributed by atoms with Crippen molar-refractivity contribution >= 4 is 28.2 Å². The Labute approximate surface area is 231 Å². The van der Waals surface area contributed by atoms with Crippen molar-refractivity contribution in [3.63, 3.8) is 0 Å². The number of morpholine rings is 1. The van der Waals surface area contributed by atoms with E-state index in [2.05, 4.69) is 10.4 Å². The zero-order chi connectivity index (χ0) is 28.7. The Kier molecular flexibility index (Phi) is 6.86. The molecule has 6 rings (SSSR count). The number of carbonyl (C=O) groups is 1. The van der Waals surface area contributed by atoms with Gasteiger partial charge >= 0.3 is 6.18 Å². The van der Waals surface area contributed by atoms with Gasteiger partial charge in [0.25, 0.3) is 5.91 Å². The maximum Gasteiger partial charge on any atom is 0.416 e. The molecule has 2 aliphatic heterocycles. The first-order valence-corrected chi connectivity index (χ1v) is 12.8. The van der Waals surface area contributed by atoms with Crippen LogP contribution in [0.3, 0.4) is 0 Å². The Hall–Kier alpha value is -4.45. The Morgan fingerprint density at radius 1 is 0.927 bits per heavy atom. The van der Waals surface area contributed by atoms with Gasteiger partial charge < -0.3 is 14.4 Å². The highest BCUT2D eigenvalue weighted by molar-refractivity contribution is 6.10. The van der Waals surface area contributed by atoms with Crippen molar-refractivity contribution in [1.29, 1.82) is 0 Å². The minimum atomic E-state index is -4.89. The quantitative estimate of drug-likeness (QED) is 0.324. The molecule has 212 valence electrons. The van der Waals surface area contributed by atoms with E-state index in [0.29, 0.717) is 68.0 Å². The number of para-hydroxylation sites is 3. The topological polar surface area (TPSA) is 66.9 Å². The molecule has 0 spiro atoms. The lowest BCUT2D eigenvalue weighted by Gasteiger charge is -2.33. The van der Waals surface area contributed by atoms with E-state index in [1.165, 1.54) is 18.3 Å². The molecule has 1 aromatic heterocycles. The molecule has 0 unspecified atom stereocenters. The van der Waals surface area contributed by atoms with Crippen molar-refractivity contribution < 1.29 is 36.2 Å². The van der Waals surface area contributed by atoms with Crippen LogP contribution in [0.4, 0.5) is 33.3 Å². The average molecular weight is 571 g/mol. The number of halogens is 5. The third-order valence-electron chi connectivity index (χ3n) is 7.05. The second-order valence-electron chi connectivity index (χ2n) is 9.55. The maximum absolute atomic E-state index is 15.0. The van der Waals surface area contributed by atoms with Crippen LogP contribution in [0.25, 0.3) is 22.0 Å². The molecule has 12 heteroatoms. The van der Waals surface area contributed by atoms with Gasteiger partial charge in [-0.3, -0.25) is 20.2 Å². The molecule has 0 atom stereocenters. The van der Waals surface area contributed by atoms with Gasteiger partial charge in [0.15, 0.2) is 11.6 Å². The number of aromatic nitrogens is 1. The maximum atomic E-state index is 15.0. The summed E-state index contributed by atoms with van der Waals surface area (Å²) in [6.45, 7) is 2.37. The first kappa shape index (κ1) is 26.8. The highest BCUT2D eigenvalue weighted by atomic mass is 19.4. The highest BCUT2D eigenvalue weighted by Crippen LogP contribution is 2.40. The highest BCUT2D eigenvalue weighted by Gasteiger charge is 2.33. The molecule has 41 heavy (non-hydrogen) atoms. The van der Waals surface area contributed by atoms with E-state index < -0.39 is 34.8 Å². The van der Waals surface area contributed by atoms with E-state index in [4.69, 9.17) is 9.47 Å². The molecule has 7 nitrogen and oxygen atoms in total. The molecular formula is C29H23F5N4O3. The number of hydrogen-bond donors (Lipinski definition) is 1. The van der Waals surface area contributed by atoms with E-state index in [9.17, 15) is 26.7 Å².